The van der Waals surface area contributed by atoms with Crippen molar-refractivity contribution in [2.45, 2.75) is 25.9 Å². The van der Waals surface area contributed by atoms with Crippen LogP contribution in [0.4, 0.5) is 0 Å². The molecule has 0 spiro atoms. The fraction of sp³-hybridized carbons (Fsp3) is 0.625. The Bertz CT molecular complexity index is 172. The minimum Gasteiger partial charge on any atom is -0.385 e. The maximum Gasteiger partial charge on any atom is 0.168 e. The molecule has 1 aliphatic carbocycles. The van der Waals surface area contributed by atoms with Crippen molar-refractivity contribution in [2.75, 3.05) is 0 Å². The van der Waals surface area contributed by atoms with Gasteiger partial charge in [-0.2, -0.15) is 0 Å². The van der Waals surface area contributed by atoms with Crippen molar-refractivity contribution in [3.63, 3.8) is 0 Å². The molecule has 2 unspecified atom stereocenters. The Kier molecular flexibility index (Phi) is 1.90. The normalized spacial score (nSPS) is 34.6. The van der Waals surface area contributed by atoms with Crippen molar-refractivity contribution in [2.24, 2.45) is 5.92 Å². The lowest BCUT2D eigenvalue weighted by molar-refractivity contribution is -0.131. The summed E-state index contributed by atoms with van der Waals surface area (Å²) in [6.45, 7) is 5.55. The van der Waals surface area contributed by atoms with Gasteiger partial charge >= 0.3 is 0 Å². The number of carbonyl (C=O) groups excluding carboxylic acids is 1. The maximum absolute atomic E-state index is 11.0. The van der Waals surface area contributed by atoms with Crippen LogP contribution in [0.25, 0.3) is 0 Å². The Hall–Kier alpha value is -0.630. The minimum atomic E-state index is -0.736. The molecule has 56 valence electrons. The van der Waals surface area contributed by atoms with Crippen molar-refractivity contribution in [1.29, 1.82) is 0 Å². The number of aliphatic hydroxyl groups is 1. The van der Waals surface area contributed by atoms with E-state index >= 15 is 0 Å². The first-order valence-electron chi connectivity index (χ1n) is 3.52. The van der Waals surface area contributed by atoms with E-state index in [1.54, 1.807) is 6.92 Å². The highest BCUT2D eigenvalue weighted by Crippen LogP contribution is 2.24. The lowest BCUT2D eigenvalue weighted by Crippen LogP contribution is -2.31. The quantitative estimate of drug-likeness (QED) is 0.508. The molecule has 1 aliphatic rings. The van der Waals surface area contributed by atoms with Gasteiger partial charge in [0, 0.05) is 5.92 Å². The van der Waals surface area contributed by atoms with Gasteiger partial charge in [-0.15, -0.1) is 0 Å². The largest absolute Gasteiger partial charge is 0.385 e. The number of rotatable bonds is 0. The standard InChI is InChI=1S/C8H12O2/c1-5-3-4-7(9)8(10)6(5)2/h6-7,9H,1,3-4H2,2H3. The summed E-state index contributed by atoms with van der Waals surface area (Å²) in [5, 5.41) is 9.08. The predicted molar refractivity (Wildman–Crippen MR) is 38.6 cm³/mol. The van der Waals surface area contributed by atoms with Gasteiger partial charge in [0.25, 0.3) is 0 Å². The SMILES string of the molecule is C=C1CCC(O)C(=O)C1C. The number of aliphatic hydroxyl groups excluding tert-OH is 1. The first-order chi connectivity index (χ1) is 4.63. The molecular formula is C8H12O2. The highest BCUT2D eigenvalue weighted by atomic mass is 16.3. The van der Waals surface area contributed by atoms with Crippen molar-refractivity contribution < 1.29 is 9.90 Å². The van der Waals surface area contributed by atoms with Gasteiger partial charge in [0.05, 0.1) is 0 Å². The summed E-state index contributed by atoms with van der Waals surface area (Å²) >= 11 is 0. The van der Waals surface area contributed by atoms with Gasteiger partial charge in [-0.1, -0.05) is 19.1 Å². The molecule has 0 aromatic heterocycles. The average Bonchev–Trinajstić information content (AvgIpc) is 1.93. The molecule has 2 atom stereocenters. The van der Waals surface area contributed by atoms with Crippen molar-refractivity contribution in [3.05, 3.63) is 12.2 Å². The second-order valence-corrected chi connectivity index (χ2v) is 2.84. The molecule has 1 fully saturated rings. The predicted octanol–water partition coefficient (Wildman–Crippen LogP) is 0.903. The molecule has 2 nitrogen and oxygen atoms in total. The van der Waals surface area contributed by atoms with Gasteiger partial charge in [-0.05, 0) is 12.8 Å². The van der Waals surface area contributed by atoms with Crippen LogP contribution in [0.5, 0.6) is 0 Å². The smallest absolute Gasteiger partial charge is 0.168 e. The molecule has 1 rings (SSSR count). The molecule has 0 radical (unpaired) electrons. The van der Waals surface area contributed by atoms with Crippen LogP contribution in [0.2, 0.25) is 0 Å². The minimum absolute atomic E-state index is 0.0729. The van der Waals surface area contributed by atoms with Crippen molar-refractivity contribution >= 4 is 5.78 Å². The third-order valence-electron chi connectivity index (χ3n) is 2.11. The number of carbonyl (C=O) groups is 1. The summed E-state index contributed by atoms with van der Waals surface area (Å²) in [7, 11) is 0. The van der Waals surface area contributed by atoms with Crippen LogP contribution in [-0.2, 0) is 4.79 Å². The van der Waals surface area contributed by atoms with Gasteiger partial charge in [0.15, 0.2) is 5.78 Å². The molecule has 1 N–H and O–H groups in total. The van der Waals surface area contributed by atoms with Gasteiger partial charge in [-0.25, -0.2) is 0 Å². The molecule has 10 heavy (non-hydrogen) atoms. The summed E-state index contributed by atoms with van der Waals surface area (Å²) < 4.78 is 0. The molecule has 0 aromatic carbocycles. The van der Waals surface area contributed by atoms with E-state index in [9.17, 15) is 4.79 Å². The van der Waals surface area contributed by atoms with Crippen molar-refractivity contribution in [3.8, 4) is 0 Å². The summed E-state index contributed by atoms with van der Waals surface area (Å²) in [4.78, 5) is 11.0. The number of ketones is 1. The summed E-state index contributed by atoms with van der Waals surface area (Å²) in [5.74, 6) is -0.208. The Morgan fingerprint density at radius 1 is 1.70 bits per heavy atom. The Morgan fingerprint density at radius 2 is 2.30 bits per heavy atom. The van der Waals surface area contributed by atoms with Crippen LogP contribution in [0.3, 0.4) is 0 Å². The average molecular weight is 140 g/mol. The third-order valence-corrected chi connectivity index (χ3v) is 2.11. The van der Waals surface area contributed by atoms with E-state index in [0.29, 0.717) is 6.42 Å². The topological polar surface area (TPSA) is 37.3 Å². The van der Waals surface area contributed by atoms with Gasteiger partial charge < -0.3 is 5.11 Å². The van der Waals surface area contributed by atoms with E-state index in [1.807, 2.05) is 0 Å². The van der Waals surface area contributed by atoms with Crippen molar-refractivity contribution in [1.82, 2.24) is 0 Å². The monoisotopic (exact) mass is 140 g/mol. The Labute approximate surface area is 60.6 Å². The lowest BCUT2D eigenvalue weighted by atomic mass is 9.84. The van der Waals surface area contributed by atoms with Crippen LogP contribution in [-0.4, -0.2) is 17.0 Å². The van der Waals surface area contributed by atoms with Crippen LogP contribution in [0.1, 0.15) is 19.8 Å². The molecular weight excluding hydrogens is 128 g/mol. The first-order valence-corrected chi connectivity index (χ1v) is 3.52. The Balaban J connectivity index is 2.70. The fourth-order valence-corrected chi connectivity index (χ4v) is 1.17. The van der Waals surface area contributed by atoms with Crippen LogP contribution >= 0.6 is 0 Å². The molecule has 0 heterocycles. The van der Waals surface area contributed by atoms with E-state index in [1.165, 1.54) is 0 Å². The van der Waals surface area contributed by atoms with E-state index in [2.05, 4.69) is 6.58 Å². The van der Waals surface area contributed by atoms with E-state index < -0.39 is 6.10 Å². The van der Waals surface area contributed by atoms with Gasteiger partial charge in [0.1, 0.15) is 6.10 Å². The molecule has 0 bridgehead atoms. The van der Waals surface area contributed by atoms with Gasteiger partial charge in [-0.3, -0.25) is 4.79 Å². The zero-order valence-corrected chi connectivity index (χ0v) is 6.13. The molecule has 0 saturated heterocycles. The Morgan fingerprint density at radius 3 is 2.80 bits per heavy atom. The van der Waals surface area contributed by atoms with E-state index in [4.69, 9.17) is 5.11 Å². The maximum atomic E-state index is 11.0. The molecule has 0 aromatic rings. The second-order valence-electron chi connectivity index (χ2n) is 2.84. The fourth-order valence-electron chi connectivity index (χ4n) is 1.17. The van der Waals surface area contributed by atoms with E-state index in [0.717, 1.165) is 12.0 Å². The van der Waals surface area contributed by atoms with E-state index in [-0.39, 0.29) is 11.7 Å². The number of hydrogen-bond acceptors (Lipinski definition) is 2. The van der Waals surface area contributed by atoms with Gasteiger partial charge in [0.2, 0.25) is 0 Å². The number of allylic oxidation sites excluding steroid dienone is 1. The van der Waals surface area contributed by atoms with Crippen LogP contribution in [0.15, 0.2) is 12.2 Å². The summed E-state index contributed by atoms with van der Waals surface area (Å²) in [6, 6.07) is 0. The molecule has 1 saturated carbocycles. The first kappa shape index (κ1) is 7.48. The zero-order valence-electron chi connectivity index (χ0n) is 6.13. The summed E-state index contributed by atoms with van der Waals surface area (Å²) in [5.41, 5.74) is 0.954. The van der Waals surface area contributed by atoms with Crippen LogP contribution in [0, 0.1) is 5.92 Å². The summed E-state index contributed by atoms with van der Waals surface area (Å²) in [6.07, 6.45) is 0.608. The highest BCUT2D eigenvalue weighted by Gasteiger charge is 2.28. The van der Waals surface area contributed by atoms with Crippen LogP contribution < -0.4 is 0 Å². The third kappa shape index (κ3) is 1.12. The molecule has 0 aliphatic heterocycles. The zero-order chi connectivity index (χ0) is 7.72. The second kappa shape index (κ2) is 2.54. The molecule has 2 heteroatoms. The lowest BCUT2D eigenvalue weighted by Gasteiger charge is -2.23. The number of hydrogen-bond donors (Lipinski definition) is 1. The molecule has 0 amide bonds. The number of Topliss-reactive ketones (excluding diaryl/α,β-unsaturated/α-hetero) is 1. The highest BCUT2D eigenvalue weighted by molar-refractivity contribution is 5.88.